The number of nitrogens with one attached hydrogen (secondary N) is 2. The largest absolute Gasteiger partial charge is 0.350 e. The van der Waals surface area contributed by atoms with Crippen molar-refractivity contribution in [3.05, 3.63) is 63.2 Å². The molecule has 2 aromatic heterocycles. The summed E-state index contributed by atoms with van der Waals surface area (Å²) < 4.78 is 0. The molecule has 0 aliphatic heterocycles. The van der Waals surface area contributed by atoms with Gasteiger partial charge in [0.1, 0.15) is 6.07 Å². The van der Waals surface area contributed by atoms with E-state index in [1.54, 1.807) is 6.20 Å². The van der Waals surface area contributed by atoms with E-state index in [-0.39, 0.29) is 5.56 Å². The van der Waals surface area contributed by atoms with Gasteiger partial charge in [-0.1, -0.05) is 11.6 Å². The highest BCUT2D eigenvalue weighted by Gasteiger charge is 2.28. The number of nitriles is 1. The van der Waals surface area contributed by atoms with Gasteiger partial charge in [0.05, 0.1) is 17.5 Å². The zero-order valence-electron chi connectivity index (χ0n) is 13.8. The van der Waals surface area contributed by atoms with E-state index in [1.807, 2.05) is 31.2 Å². The Kier molecular flexibility index (Phi) is 3.69. The van der Waals surface area contributed by atoms with Crippen molar-refractivity contribution < 1.29 is 0 Å². The molecular weight excluding hydrogens is 314 g/mol. The summed E-state index contributed by atoms with van der Waals surface area (Å²) in [6.45, 7) is 2.35. The monoisotopic (exact) mass is 331 g/mol. The van der Waals surface area contributed by atoms with Crippen LogP contribution >= 0.6 is 0 Å². The van der Waals surface area contributed by atoms with Crippen LogP contribution in [0.1, 0.15) is 41.1 Å². The summed E-state index contributed by atoms with van der Waals surface area (Å²) in [5.41, 5.74) is 3.81. The molecular formula is C19H17N5O. The first-order chi connectivity index (χ1) is 12.1. The SMILES string of the molecule is Cc1ccc2[nH]c(=O)c(CNc3ncc(C#N)c(C4CC4)n3)cc2c1. The summed E-state index contributed by atoms with van der Waals surface area (Å²) in [7, 11) is 0. The van der Waals surface area contributed by atoms with Gasteiger partial charge in [0.2, 0.25) is 5.95 Å². The van der Waals surface area contributed by atoms with Crippen LogP contribution in [0.25, 0.3) is 10.9 Å². The molecule has 3 aromatic rings. The van der Waals surface area contributed by atoms with Crippen LogP contribution in [-0.2, 0) is 6.54 Å². The molecule has 1 aliphatic rings. The van der Waals surface area contributed by atoms with E-state index in [0.29, 0.717) is 29.5 Å². The third kappa shape index (κ3) is 3.09. The number of H-pyrrole nitrogens is 1. The third-order valence-corrected chi connectivity index (χ3v) is 4.42. The summed E-state index contributed by atoms with van der Waals surface area (Å²) in [4.78, 5) is 23.8. The van der Waals surface area contributed by atoms with Gasteiger partial charge in [-0.25, -0.2) is 9.97 Å². The predicted molar refractivity (Wildman–Crippen MR) is 95.4 cm³/mol. The number of fused-ring (bicyclic) bond motifs is 1. The Hall–Kier alpha value is -3.20. The highest BCUT2D eigenvalue weighted by Crippen LogP contribution is 2.40. The summed E-state index contributed by atoms with van der Waals surface area (Å²) in [5.74, 6) is 0.815. The molecule has 25 heavy (non-hydrogen) atoms. The molecule has 0 saturated heterocycles. The van der Waals surface area contributed by atoms with Crippen LogP contribution in [0.4, 0.5) is 5.95 Å². The molecule has 0 atom stereocenters. The van der Waals surface area contributed by atoms with E-state index in [0.717, 1.165) is 35.0 Å². The van der Waals surface area contributed by atoms with E-state index in [9.17, 15) is 4.79 Å². The number of aryl methyl sites for hydroxylation is 1. The van der Waals surface area contributed by atoms with Gasteiger partial charge in [-0.3, -0.25) is 4.79 Å². The van der Waals surface area contributed by atoms with Crippen molar-refractivity contribution in [3.8, 4) is 6.07 Å². The van der Waals surface area contributed by atoms with Crippen molar-refractivity contribution in [2.45, 2.75) is 32.2 Å². The van der Waals surface area contributed by atoms with Crippen molar-refractivity contribution in [2.75, 3.05) is 5.32 Å². The lowest BCUT2D eigenvalue weighted by Crippen LogP contribution is -2.16. The maximum absolute atomic E-state index is 12.2. The Morgan fingerprint density at radius 3 is 2.96 bits per heavy atom. The zero-order valence-corrected chi connectivity index (χ0v) is 13.8. The highest BCUT2D eigenvalue weighted by atomic mass is 16.1. The molecule has 1 aromatic carbocycles. The zero-order chi connectivity index (χ0) is 17.4. The number of pyridine rings is 1. The fourth-order valence-electron chi connectivity index (χ4n) is 2.91. The molecule has 1 saturated carbocycles. The lowest BCUT2D eigenvalue weighted by atomic mass is 10.1. The minimum absolute atomic E-state index is 0.125. The molecule has 6 heteroatoms. The van der Waals surface area contributed by atoms with E-state index in [2.05, 4.69) is 26.3 Å². The molecule has 0 bridgehead atoms. The smallest absolute Gasteiger partial charge is 0.253 e. The van der Waals surface area contributed by atoms with Crippen LogP contribution in [-0.4, -0.2) is 15.0 Å². The Labute approximate surface area is 144 Å². The maximum atomic E-state index is 12.2. The number of anilines is 1. The average Bonchev–Trinajstić information content (AvgIpc) is 3.45. The van der Waals surface area contributed by atoms with Crippen LogP contribution in [0.3, 0.4) is 0 Å². The fraction of sp³-hybridized carbons (Fsp3) is 0.263. The number of aromatic nitrogens is 3. The molecule has 2 N–H and O–H groups in total. The lowest BCUT2D eigenvalue weighted by molar-refractivity contribution is 0.953. The number of aromatic amines is 1. The number of hydrogen-bond donors (Lipinski definition) is 2. The fourth-order valence-corrected chi connectivity index (χ4v) is 2.91. The minimum Gasteiger partial charge on any atom is -0.350 e. The Balaban J connectivity index is 1.60. The van der Waals surface area contributed by atoms with E-state index >= 15 is 0 Å². The number of nitrogens with zero attached hydrogens (tertiary/aromatic N) is 3. The topological polar surface area (TPSA) is 94.5 Å². The predicted octanol–water partition coefficient (Wildman–Crippen LogP) is 2.99. The number of hydrogen-bond acceptors (Lipinski definition) is 5. The van der Waals surface area contributed by atoms with Gasteiger partial charge in [-0.05, 0) is 43.4 Å². The molecule has 4 rings (SSSR count). The molecule has 0 radical (unpaired) electrons. The second-order valence-corrected chi connectivity index (χ2v) is 6.45. The van der Waals surface area contributed by atoms with Crippen LogP contribution in [0.5, 0.6) is 0 Å². The Morgan fingerprint density at radius 2 is 2.20 bits per heavy atom. The minimum atomic E-state index is -0.125. The summed E-state index contributed by atoms with van der Waals surface area (Å²) in [5, 5.41) is 13.3. The Morgan fingerprint density at radius 1 is 1.36 bits per heavy atom. The van der Waals surface area contributed by atoms with Crippen molar-refractivity contribution in [1.82, 2.24) is 15.0 Å². The summed E-state index contributed by atoms with van der Waals surface area (Å²) in [6, 6.07) is 9.96. The lowest BCUT2D eigenvalue weighted by Gasteiger charge is -2.08. The van der Waals surface area contributed by atoms with Gasteiger partial charge >= 0.3 is 0 Å². The number of rotatable bonds is 4. The first kappa shape index (κ1) is 15.3. The van der Waals surface area contributed by atoms with E-state index < -0.39 is 0 Å². The molecule has 2 heterocycles. The van der Waals surface area contributed by atoms with Gasteiger partial charge in [0, 0.05) is 23.5 Å². The molecule has 0 unspecified atom stereocenters. The average molecular weight is 331 g/mol. The molecule has 1 aliphatic carbocycles. The van der Waals surface area contributed by atoms with E-state index in [1.165, 1.54) is 0 Å². The van der Waals surface area contributed by atoms with Gasteiger partial charge < -0.3 is 10.3 Å². The standard InChI is InChI=1S/C19H17N5O/c1-11-2-5-16-13(6-11)7-14(18(25)23-16)9-21-19-22-10-15(8-20)17(24-19)12-3-4-12/h2,5-7,10,12H,3-4,9H2,1H3,(H,23,25)(H,21,22,24). The summed E-state index contributed by atoms with van der Waals surface area (Å²) in [6.07, 6.45) is 3.68. The van der Waals surface area contributed by atoms with Crippen molar-refractivity contribution in [3.63, 3.8) is 0 Å². The van der Waals surface area contributed by atoms with Crippen LogP contribution in [0.2, 0.25) is 0 Å². The van der Waals surface area contributed by atoms with Crippen molar-refractivity contribution >= 4 is 16.9 Å². The number of benzene rings is 1. The molecule has 0 amide bonds. The molecule has 124 valence electrons. The van der Waals surface area contributed by atoms with Crippen LogP contribution in [0, 0.1) is 18.3 Å². The third-order valence-electron chi connectivity index (χ3n) is 4.42. The van der Waals surface area contributed by atoms with Crippen LogP contribution in [0.15, 0.2) is 35.3 Å². The maximum Gasteiger partial charge on any atom is 0.253 e. The Bertz CT molecular complexity index is 1060. The first-order valence-electron chi connectivity index (χ1n) is 8.27. The first-order valence-corrected chi connectivity index (χ1v) is 8.27. The van der Waals surface area contributed by atoms with Gasteiger partial charge in [0.15, 0.2) is 0 Å². The van der Waals surface area contributed by atoms with E-state index in [4.69, 9.17) is 5.26 Å². The van der Waals surface area contributed by atoms with Crippen LogP contribution < -0.4 is 10.9 Å². The van der Waals surface area contributed by atoms with Gasteiger partial charge in [-0.15, -0.1) is 0 Å². The second kappa shape index (κ2) is 6.02. The second-order valence-electron chi connectivity index (χ2n) is 6.45. The van der Waals surface area contributed by atoms with Crippen molar-refractivity contribution in [2.24, 2.45) is 0 Å². The normalized spacial score (nSPS) is 13.6. The highest BCUT2D eigenvalue weighted by molar-refractivity contribution is 5.79. The van der Waals surface area contributed by atoms with Gasteiger partial charge in [0.25, 0.3) is 5.56 Å². The quantitative estimate of drug-likeness (QED) is 0.766. The molecule has 1 fully saturated rings. The van der Waals surface area contributed by atoms with Gasteiger partial charge in [-0.2, -0.15) is 5.26 Å². The molecule has 0 spiro atoms. The van der Waals surface area contributed by atoms with Crippen molar-refractivity contribution in [1.29, 1.82) is 5.26 Å². The summed E-state index contributed by atoms with van der Waals surface area (Å²) >= 11 is 0. The molecule has 6 nitrogen and oxygen atoms in total.